The third-order valence-electron chi connectivity index (χ3n) is 4.63. The molecule has 1 aliphatic rings. The standard InChI is InChI=1S/C21H23F2N3O4/c1-29-15-4-2-3-14(9-15)12-24-21(28)16-10-19(18(23)11-17(16)22)25-20(27)13-26-5-7-30-8-6-26/h2-4,9-11H,5-8,12-13H2,1H3,(H,24,28)(H,25,27). The van der Waals surface area contributed by atoms with Crippen LogP contribution in [-0.4, -0.2) is 56.7 Å². The molecule has 0 saturated carbocycles. The lowest BCUT2D eigenvalue weighted by molar-refractivity contribution is -0.118. The summed E-state index contributed by atoms with van der Waals surface area (Å²) < 4.78 is 38.6. The van der Waals surface area contributed by atoms with Crippen LogP contribution in [0.2, 0.25) is 0 Å². The molecule has 2 amide bonds. The summed E-state index contributed by atoms with van der Waals surface area (Å²) in [5.74, 6) is -2.52. The number of halogens is 2. The first-order valence-electron chi connectivity index (χ1n) is 9.46. The molecule has 1 fully saturated rings. The van der Waals surface area contributed by atoms with Crippen molar-refractivity contribution in [3.8, 4) is 5.75 Å². The number of anilines is 1. The number of rotatable bonds is 7. The zero-order valence-corrected chi connectivity index (χ0v) is 16.5. The van der Waals surface area contributed by atoms with Crippen LogP contribution in [0.15, 0.2) is 36.4 Å². The van der Waals surface area contributed by atoms with Crippen molar-refractivity contribution in [2.45, 2.75) is 6.54 Å². The first kappa shape index (κ1) is 21.7. The van der Waals surface area contributed by atoms with Gasteiger partial charge in [0.05, 0.1) is 38.1 Å². The van der Waals surface area contributed by atoms with Gasteiger partial charge in [-0.3, -0.25) is 14.5 Å². The van der Waals surface area contributed by atoms with Crippen LogP contribution in [-0.2, 0) is 16.1 Å². The number of ether oxygens (including phenoxy) is 2. The van der Waals surface area contributed by atoms with Crippen LogP contribution in [0.1, 0.15) is 15.9 Å². The van der Waals surface area contributed by atoms with Gasteiger partial charge < -0.3 is 20.1 Å². The van der Waals surface area contributed by atoms with E-state index in [4.69, 9.17) is 9.47 Å². The fourth-order valence-electron chi connectivity index (χ4n) is 3.03. The molecule has 0 spiro atoms. The lowest BCUT2D eigenvalue weighted by atomic mass is 10.1. The van der Waals surface area contributed by atoms with Gasteiger partial charge in [-0.15, -0.1) is 0 Å². The fourth-order valence-corrected chi connectivity index (χ4v) is 3.03. The second-order valence-electron chi connectivity index (χ2n) is 6.78. The Balaban J connectivity index is 1.65. The molecule has 2 aromatic rings. The van der Waals surface area contributed by atoms with Gasteiger partial charge in [-0.05, 0) is 23.8 Å². The number of morpholine rings is 1. The number of nitrogens with one attached hydrogen (secondary N) is 2. The number of hydrogen-bond acceptors (Lipinski definition) is 5. The van der Waals surface area contributed by atoms with Gasteiger partial charge in [-0.25, -0.2) is 8.78 Å². The summed E-state index contributed by atoms with van der Waals surface area (Å²) in [6, 6.07) is 8.63. The van der Waals surface area contributed by atoms with Gasteiger partial charge in [0.1, 0.15) is 17.4 Å². The maximum absolute atomic E-state index is 14.2. The molecule has 0 atom stereocenters. The molecule has 9 heteroatoms. The van der Waals surface area contributed by atoms with Crippen LogP contribution in [0, 0.1) is 11.6 Å². The van der Waals surface area contributed by atoms with Crippen molar-refractivity contribution < 1.29 is 27.8 Å². The van der Waals surface area contributed by atoms with Crippen molar-refractivity contribution in [3.05, 3.63) is 59.2 Å². The highest BCUT2D eigenvalue weighted by Gasteiger charge is 2.19. The van der Waals surface area contributed by atoms with Crippen molar-refractivity contribution in [2.75, 3.05) is 45.3 Å². The largest absolute Gasteiger partial charge is 0.497 e. The molecule has 2 N–H and O–H groups in total. The van der Waals surface area contributed by atoms with E-state index >= 15 is 0 Å². The normalized spacial score (nSPS) is 14.2. The van der Waals surface area contributed by atoms with Gasteiger partial charge >= 0.3 is 0 Å². The highest BCUT2D eigenvalue weighted by molar-refractivity contribution is 5.98. The summed E-state index contributed by atoms with van der Waals surface area (Å²) in [7, 11) is 1.53. The van der Waals surface area contributed by atoms with Crippen LogP contribution in [0.3, 0.4) is 0 Å². The molecular weight excluding hydrogens is 396 g/mol. The summed E-state index contributed by atoms with van der Waals surface area (Å²) >= 11 is 0. The van der Waals surface area contributed by atoms with E-state index in [1.54, 1.807) is 24.3 Å². The summed E-state index contributed by atoms with van der Waals surface area (Å²) in [6.45, 7) is 2.42. The molecule has 0 unspecified atom stereocenters. The molecule has 0 radical (unpaired) electrons. The second-order valence-corrected chi connectivity index (χ2v) is 6.78. The minimum Gasteiger partial charge on any atom is -0.497 e. The molecule has 1 aliphatic heterocycles. The Morgan fingerprint density at radius 1 is 1.13 bits per heavy atom. The molecule has 1 heterocycles. The molecule has 3 rings (SSSR count). The molecular formula is C21H23F2N3O4. The van der Waals surface area contributed by atoms with Crippen molar-refractivity contribution in [1.82, 2.24) is 10.2 Å². The van der Waals surface area contributed by atoms with E-state index in [0.29, 0.717) is 38.1 Å². The topological polar surface area (TPSA) is 79.9 Å². The molecule has 0 aromatic heterocycles. The predicted molar refractivity (Wildman–Crippen MR) is 106 cm³/mol. The third-order valence-corrected chi connectivity index (χ3v) is 4.63. The van der Waals surface area contributed by atoms with Crippen molar-refractivity contribution >= 4 is 17.5 Å². The maximum atomic E-state index is 14.2. The molecule has 0 bridgehead atoms. The van der Waals surface area contributed by atoms with Gasteiger partial charge in [0.2, 0.25) is 5.91 Å². The van der Waals surface area contributed by atoms with Crippen LogP contribution in [0.25, 0.3) is 0 Å². The second kappa shape index (κ2) is 10.1. The quantitative estimate of drug-likeness (QED) is 0.719. The number of hydrogen-bond donors (Lipinski definition) is 2. The summed E-state index contributed by atoms with van der Waals surface area (Å²) in [5, 5.41) is 4.99. The number of carbonyl (C=O) groups excluding carboxylic acids is 2. The lowest BCUT2D eigenvalue weighted by Crippen LogP contribution is -2.41. The summed E-state index contributed by atoms with van der Waals surface area (Å²) in [6.07, 6.45) is 0. The Morgan fingerprint density at radius 2 is 1.90 bits per heavy atom. The van der Waals surface area contributed by atoms with E-state index in [9.17, 15) is 18.4 Å². The Bertz CT molecular complexity index is 917. The Kier molecular flexibility index (Phi) is 7.31. The van der Waals surface area contributed by atoms with E-state index < -0.39 is 23.4 Å². The average Bonchev–Trinajstić information content (AvgIpc) is 2.74. The van der Waals surface area contributed by atoms with Gasteiger partial charge in [0, 0.05) is 25.7 Å². The van der Waals surface area contributed by atoms with E-state index in [-0.39, 0.29) is 24.3 Å². The number of carbonyl (C=O) groups is 2. The molecule has 1 saturated heterocycles. The smallest absolute Gasteiger partial charge is 0.254 e. The Hall–Kier alpha value is -3.04. The molecule has 2 aromatic carbocycles. The van der Waals surface area contributed by atoms with E-state index in [1.807, 2.05) is 4.90 Å². The zero-order chi connectivity index (χ0) is 21.5. The number of nitrogens with zero attached hydrogens (tertiary/aromatic N) is 1. The molecule has 30 heavy (non-hydrogen) atoms. The van der Waals surface area contributed by atoms with Crippen LogP contribution in [0.5, 0.6) is 5.75 Å². The monoisotopic (exact) mass is 419 g/mol. The SMILES string of the molecule is COc1cccc(CNC(=O)c2cc(NC(=O)CN3CCOCC3)c(F)cc2F)c1. The van der Waals surface area contributed by atoms with Gasteiger partial charge in [-0.1, -0.05) is 12.1 Å². The van der Waals surface area contributed by atoms with Crippen LogP contribution < -0.4 is 15.4 Å². The third kappa shape index (κ3) is 5.74. The van der Waals surface area contributed by atoms with E-state index in [0.717, 1.165) is 11.6 Å². The highest BCUT2D eigenvalue weighted by Crippen LogP contribution is 2.20. The molecule has 0 aliphatic carbocycles. The van der Waals surface area contributed by atoms with E-state index in [1.165, 1.54) is 7.11 Å². The zero-order valence-electron chi connectivity index (χ0n) is 16.5. The molecule has 7 nitrogen and oxygen atoms in total. The van der Waals surface area contributed by atoms with Gasteiger partial charge in [-0.2, -0.15) is 0 Å². The van der Waals surface area contributed by atoms with Gasteiger partial charge in [0.25, 0.3) is 5.91 Å². The molecule has 160 valence electrons. The van der Waals surface area contributed by atoms with E-state index in [2.05, 4.69) is 10.6 Å². The number of benzene rings is 2. The van der Waals surface area contributed by atoms with Gasteiger partial charge in [0.15, 0.2) is 0 Å². The van der Waals surface area contributed by atoms with Crippen molar-refractivity contribution in [3.63, 3.8) is 0 Å². The number of methoxy groups -OCH3 is 1. The minimum absolute atomic E-state index is 0.0531. The minimum atomic E-state index is -1.01. The summed E-state index contributed by atoms with van der Waals surface area (Å²) in [4.78, 5) is 26.5. The van der Waals surface area contributed by atoms with Crippen LogP contribution >= 0.6 is 0 Å². The number of amides is 2. The first-order valence-corrected chi connectivity index (χ1v) is 9.46. The average molecular weight is 419 g/mol. The predicted octanol–water partition coefficient (Wildman–Crippen LogP) is 2.17. The fraction of sp³-hybridized carbons (Fsp3) is 0.333. The maximum Gasteiger partial charge on any atom is 0.254 e. The Labute approximate surface area is 173 Å². The highest BCUT2D eigenvalue weighted by atomic mass is 19.1. The Morgan fingerprint density at radius 3 is 2.63 bits per heavy atom. The van der Waals surface area contributed by atoms with Crippen LogP contribution in [0.4, 0.5) is 14.5 Å². The van der Waals surface area contributed by atoms with Crippen molar-refractivity contribution in [2.24, 2.45) is 0 Å². The first-order chi connectivity index (χ1) is 14.5. The summed E-state index contributed by atoms with van der Waals surface area (Å²) in [5.41, 5.74) is 0.145. The van der Waals surface area contributed by atoms with Crippen molar-refractivity contribution in [1.29, 1.82) is 0 Å². The lowest BCUT2D eigenvalue weighted by Gasteiger charge is -2.25.